The van der Waals surface area contributed by atoms with Crippen LogP contribution in [0.3, 0.4) is 0 Å². The summed E-state index contributed by atoms with van der Waals surface area (Å²) in [6, 6.07) is 5.87. The minimum atomic E-state index is -0.225. The second-order valence-corrected chi connectivity index (χ2v) is 5.33. The standard InChI is InChI=1S/C16H20FN3O/c1-2-18-10-12-7-8-19-16(15(12)17)20(13-5-6-13)11-14-4-3-9-21-14/h3-4,7-9,13,18H,2,5-6,10-11H2,1H3. The van der Waals surface area contributed by atoms with Crippen LogP contribution in [0.25, 0.3) is 0 Å². The van der Waals surface area contributed by atoms with Crippen LogP contribution in [-0.4, -0.2) is 17.6 Å². The van der Waals surface area contributed by atoms with E-state index >= 15 is 0 Å². The third kappa shape index (κ3) is 3.24. The highest BCUT2D eigenvalue weighted by atomic mass is 19.1. The van der Waals surface area contributed by atoms with Crippen LogP contribution in [0.4, 0.5) is 10.2 Å². The molecule has 0 bridgehead atoms. The zero-order chi connectivity index (χ0) is 14.7. The smallest absolute Gasteiger partial charge is 0.170 e. The second kappa shape index (κ2) is 6.26. The van der Waals surface area contributed by atoms with Gasteiger partial charge < -0.3 is 14.6 Å². The molecule has 0 aliphatic heterocycles. The Kier molecular flexibility index (Phi) is 4.20. The Labute approximate surface area is 124 Å². The van der Waals surface area contributed by atoms with Crippen LogP contribution in [0.1, 0.15) is 31.1 Å². The molecule has 1 fully saturated rings. The van der Waals surface area contributed by atoms with Crippen molar-refractivity contribution in [2.24, 2.45) is 0 Å². The molecule has 0 amide bonds. The quantitative estimate of drug-likeness (QED) is 0.850. The van der Waals surface area contributed by atoms with Gasteiger partial charge >= 0.3 is 0 Å². The largest absolute Gasteiger partial charge is 0.467 e. The Morgan fingerprint density at radius 2 is 2.29 bits per heavy atom. The Hall–Kier alpha value is -1.88. The van der Waals surface area contributed by atoms with Crippen LogP contribution in [0.5, 0.6) is 0 Å². The average Bonchev–Trinajstić information content (AvgIpc) is 3.21. The van der Waals surface area contributed by atoms with Gasteiger partial charge in [-0.2, -0.15) is 0 Å². The first kappa shape index (κ1) is 14.1. The lowest BCUT2D eigenvalue weighted by Gasteiger charge is -2.23. The van der Waals surface area contributed by atoms with Crippen LogP contribution in [0.15, 0.2) is 35.1 Å². The van der Waals surface area contributed by atoms with Crippen molar-refractivity contribution < 1.29 is 8.81 Å². The molecule has 1 saturated carbocycles. The van der Waals surface area contributed by atoms with Gasteiger partial charge in [-0.3, -0.25) is 0 Å². The van der Waals surface area contributed by atoms with Crippen molar-refractivity contribution >= 4 is 5.82 Å². The molecule has 3 rings (SSSR count). The number of rotatable bonds is 7. The minimum absolute atomic E-state index is 0.225. The number of anilines is 1. The van der Waals surface area contributed by atoms with Crippen LogP contribution >= 0.6 is 0 Å². The lowest BCUT2D eigenvalue weighted by atomic mass is 10.2. The van der Waals surface area contributed by atoms with Gasteiger partial charge in [0.1, 0.15) is 5.76 Å². The van der Waals surface area contributed by atoms with Crippen molar-refractivity contribution in [1.82, 2.24) is 10.3 Å². The van der Waals surface area contributed by atoms with Crippen molar-refractivity contribution in [3.8, 4) is 0 Å². The van der Waals surface area contributed by atoms with Gasteiger partial charge in [-0.1, -0.05) is 6.92 Å². The van der Waals surface area contributed by atoms with Crippen molar-refractivity contribution in [3.05, 3.63) is 47.8 Å². The van der Waals surface area contributed by atoms with E-state index in [1.54, 1.807) is 18.5 Å². The van der Waals surface area contributed by atoms with Gasteiger partial charge in [-0.25, -0.2) is 9.37 Å². The molecule has 2 aromatic heterocycles. The molecule has 0 aromatic carbocycles. The summed E-state index contributed by atoms with van der Waals surface area (Å²) in [5, 5.41) is 3.16. The maximum absolute atomic E-state index is 14.7. The number of aromatic nitrogens is 1. The van der Waals surface area contributed by atoms with Crippen molar-refractivity contribution in [3.63, 3.8) is 0 Å². The Bertz CT molecular complexity index is 581. The fourth-order valence-electron chi connectivity index (χ4n) is 2.40. The third-order valence-corrected chi connectivity index (χ3v) is 3.68. The predicted molar refractivity (Wildman–Crippen MR) is 79.5 cm³/mol. The Morgan fingerprint density at radius 3 is 2.95 bits per heavy atom. The molecule has 5 heteroatoms. The third-order valence-electron chi connectivity index (χ3n) is 3.68. The maximum atomic E-state index is 14.7. The summed E-state index contributed by atoms with van der Waals surface area (Å²) >= 11 is 0. The summed E-state index contributed by atoms with van der Waals surface area (Å²) in [6.07, 6.45) is 5.49. The molecule has 1 aliphatic carbocycles. The van der Waals surface area contributed by atoms with Crippen molar-refractivity contribution in [1.29, 1.82) is 0 Å². The molecular weight excluding hydrogens is 269 g/mol. The maximum Gasteiger partial charge on any atom is 0.170 e. The van der Waals surface area contributed by atoms with Gasteiger partial charge in [0.2, 0.25) is 0 Å². The van der Waals surface area contributed by atoms with E-state index in [4.69, 9.17) is 4.42 Å². The highest BCUT2D eigenvalue weighted by Gasteiger charge is 2.32. The summed E-state index contributed by atoms with van der Waals surface area (Å²) < 4.78 is 20.1. The predicted octanol–water partition coefficient (Wildman–Crippen LogP) is 3.09. The van der Waals surface area contributed by atoms with E-state index in [0.29, 0.717) is 30.5 Å². The molecule has 112 valence electrons. The summed E-state index contributed by atoms with van der Waals surface area (Å²) in [5.74, 6) is 1.04. The summed E-state index contributed by atoms with van der Waals surface area (Å²) in [5.41, 5.74) is 0.659. The number of pyridine rings is 1. The van der Waals surface area contributed by atoms with Crippen LogP contribution in [-0.2, 0) is 13.1 Å². The molecule has 0 unspecified atom stereocenters. The molecule has 1 N–H and O–H groups in total. The fraction of sp³-hybridized carbons (Fsp3) is 0.438. The normalized spacial score (nSPS) is 14.4. The van der Waals surface area contributed by atoms with Gasteiger partial charge in [0, 0.05) is 24.3 Å². The van der Waals surface area contributed by atoms with Crippen LogP contribution in [0.2, 0.25) is 0 Å². The van der Waals surface area contributed by atoms with E-state index in [1.165, 1.54) is 0 Å². The Morgan fingerprint density at radius 1 is 1.43 bits per heavy atom. The minimum Gasteiger partial charge on any atom is -0.467 e. The van der Waals surface area contributed by atoms with Crippen LogP contribution in [0, 0.1) is 5.82 Å². The number of halogens is 1. The number of nitrogens with one attached hydrogen (secondary N) is 1. The molecule has 1 aliphatic rings. The molecule has 2 aromatic rings. The molecule has 4 nitrogen and oxygen atoms in total. The van der Waals surface area contributed by atoms with Gasteiger partial charge in [0.05, 0.1) is 12.8 Å². The first-order valence-corrected chi connectivity index (χ1v) is 7.42. The van der Waals surface area contributed by atoms with E-state index in [2.05, 4.69) is 10.3 Å². The van der Waals surface area contributed by atoms with Gasteiger partial charge in [0.25, 0.3) is 0 Å². The van der Waals surface area contributed by atoms with E-state index < -0.39 is 0 Å². The van der Waals surface area contributed by atoms with Gasteiger partial charge in [-0.05, 0) is 37.6 Å². The van der Waals surface area contributed by atoms with Gasteiger partial charge in [-0.15, -0.1) is 0 Å². The van der Waals surface area contributed by atoms with E-state index in [0.717, 1.165) is 25.1 Å². The van der Waals surface area contributed by atoms with Crippen LogP contribution < -0.4 is 10.2 Å². The SMILES string of the molecule is CCNCc1ccnc(N(Cc2ccco2)C2CC2)c1F. The number of hydrogen-bond donors (Lipinski definition) is 1. The molecule has 2 heterocycles. The average molecular weight is 289 g/mol. The number of nitrogens with zero attached hydrogens (tertiary/aromatic N) is 2. The fourth-order valence-corrected chi connectivity index (χ4v) is 2.40. The van der Waals surface area contributed by atoms with Crippen molar-refractivity contribution in [2.45, 2.75) is 38.9 Å². The summed E-state index contributed by atoms with van der Waals surface area (Å²) in [7, 11) is 0. The molecule has 0 radical (unpaired) electrons. The van der Waals surface area contributed by atoms with E-state index in [9.17, 15) is 4.39 Å². The number of furan rings is 1. The summed E-state index contributed by atoms with van der Waals surface area (Å²) in [6.45, 7) is 3.91. The highest BCUT2D eigenvalue weighted by molar-refractivity contribution is 5.45. The second-order valence-electron chi connectivity index (χ2n) is 5.33. The Balaban J connectivity index is 1.85. The van der Waals surface area contributed by atoms with Crippen molar-refractivity contribution in [2.75, 3.05) is 11.4 Å². The lowest BCUT2D eigenvalue weighted by Crippen LogP contribution is -2.27. The first-order chi connectivity index (χ1) is 10.3. The monoisotopic (exact) mass is 289 g/mol. The van der Waals surface area contributed by atoms with E-state index in [1.807, 2.05) is 24.0 Å². The highest BCUT2D eigenvalue weighted by Crippen LogP contribution is 2.34. The van der Waals surface area contributed by atoms with Gasteiger partial charge in [0.15, 0.2) is 11.6 Å². The summed E-state index contributed by atoms with van der Waals surface area (Å²) in [4.78, 5) is 6.29. The molecular formula is C16H20FN3O. The molecule has 0 saturated heterocycles. The number of hydrogen-bond acceptors (Lipinski definition) is 4. The zero-order valence-electron chi connectivity index (χ0n) is 12.2. The first-order valence-electron chi connectivity index (χ1n) is 7.42. The molecule has 21 heavy (non-hydrogen) atoms. The molecule has 0 spiro atoms. The zero-order valence-corrected chi connectivity index (χ0v) is 12.2. The molecule has 0 atom stereocenters. The lowest BCUT2D eigenvalue weighted by molar-refractivity contribution is 0.495. The topological polar surface area (TPSA) is 41.3 Å². The van der Waals surface area contributed by atoms with E-state index in [-0.39, 0.29) is 5.82 Å².